The van der Waals surface area contributed by atoms with Crippen LogP contribution in [0.4, 0.5) is 0 Å². The number of Topliss-reactive ketones (excluding diaryl/α,β-unsaturated/α-hetero) is 2. The number of ether oxygens (including phenoxy) is 1. The number of allylic oxidation sites excluding steroid dienone is 1. The number of carbonyl (C=O) groups excluding carboxylic acids is 3. The molecule has 0 aliphatic heterocycles. The average Bonchev–Trinajstić information content (AvgIpc) is 3.08. The van der Waals surface area contributed by atoms with E-state index in [1.165, 1.54) is 24.3 Å². The molecule has 1 heterocycles. The first kappa shape index (κ1) is 18.3. The molecule has 3 rings (SSSR count). The lowest BCUT2D eigenvalue weighted by atomic mass is 9.94. The molecule has 0 spiro atoms. The van der Waals surface area contributed by atoms with Crippen molar-refractivity contribution in [2.45, 2.75) is 0 Å². The third-order valence-electron chi connectivity index (χ3n) is 3.54. The third-order valence-corrected chi connectivity index (χ3v) is 5.58. The fourth-order valence-corrected chi connectivity index (χ4v) is 3.16. The van der Waals surface area contributed by atoms with Crippen molar-refractivity contribution in [1.29, 1.82) is 0 Å². The number of carboxylic acids is 1. The van der Waals surface area contributed by atoms with Crippen molar-refractivity contribution < 1.29 is 33.4 Å². The molecule has 1 aromatic heterocycles. The number of carbonyl (C=O) groups is 4. The van der Waals surface area contributed by atoms with Crippen LogP contribution in [0.3, 0.4) is 0 Å². The lowest BCUT2D eigenvalue weighted by Gasteiger charge is -2.10. The predicted molar refractivity (Wildman–Crippen MR) is 95.8 cm³/mol. The maximum atomic E-state index is 12.7. The lowest BCUT2D eigenvalue weighted by Crippen LogP contribution is -2.22. The molecule has 1 N–H and O–H groups in total. The third kappa shape index (κ3) is 3.15. The Balaban J connectivity index is 1.93. The normalized spacial score (nSPS) is 13.6. The Labute approximate surface area is 162 Å². The number of aliphatic carboxylic acids is 1. The van der Waals surface area contributed by atoms with Crippen LogP contribution in [0.15, 0.2) is 39.4 Å². The molecular weight excluding hydrogens is 476 g/mol. The smallest absolute Gasteiger partial charge is 0.341 e. The first-order valence-electron chi connectivity index (χ1n) is 7.06. The van der Waals surface area contributed by atoms with Crippen LogP contribution in [-0.2, 0) is 9.59 Å². The highest BCUT2D eigenvalue weighted by molar-refractivity contribution is 9.16. The zero-order chi connectivity index (χ0) is 19.0. The summed E-state index contributed by atoms with van der Waals surface area (Å²) in [6.45, 7) is -0.506. The van der Waals surface area contributed by atoms with Crippen LogP contribution in [0.1, 0.15) is 32.0 Å². The van der Waals surface area contributed by atoms with E-state index in [2.05, 4.69) is 31.9 Å². The van der Waals surface area contributed by atoms with E-state index >= 15 is 0 Å². The number of hydrogen-bond acceptors (Lipinski definition) is 6. The van der Waals surface area contributed by atoms with Gasteiger partial charge in [0.1, 0.15) is 12.0 Å². The molecule has 0 fully saturated rings. The van der Waals surface area contributed by atoms with E-state index in [0.29, 0.717) is 0 Å². The van der Waals surface area contributed by atoms with Crippen molar-refractivity contribution in [3.63, 3.8) is 0 Å². The Hall–Kier alpha value is -2.52. The molecule has 0 saturated heterocycles. The number of ketones is 3. The van der Waals surface area contributed by atoms with Crippen LogP contribution in [0, 0.1) is 0 Å². The van der Waals surface area contributed by atoms with Gasteiger partial charge in [-0.1, -0.05) is 0 Å². The van der Waals surface area contributed by atoms with Gasteiger partial charge >= 0.3 is 5.97 Å². The van der Waals surface area contributed by atoms with E-state index in [-0.39, 0.29) is 37.2 Å². The van der Waals surface area contributed by atoms with E-state index < -0.39 is 29.9 Å². The largest absolute Gasteiger partial charge is 0.482 e. The molecule has 1 aliphatic rings. The number of furan rings is 1. The van der Waals surface area contributed by atoms with Gasteiger partial charge in [-0.15, -0.1) is 0 Å². The van der Waals surface area contributed by atoms with Crippen LogP contribution in [0.25, 0.3) is 4.48 Å². The predicted octanol–water partition coefficient (Wildman–Crippen LogP) is 3.20. The van der Waals surface area contributed by atoms with Crippen LogP contribution >= 0.6 is 31.9 Å². The zero-order valence-electron chi connectivity index (χ0n) is 12.7. The molecule has 2 aromatic rings. The van der Waals surface area contributed by atoms with Gasteiger partial charge in [-0.3, -0.25) is 14.4 Å². The van der Waals surface area contributed by atoms with Crippen molar-refractivity contribution in [3.05, 3.63) is 57.5 Å². The Kier molecular flexibility index (Phi) is 4.92. The molecular formula is C17H8Br2O7. The summed E-state index contributed by atoms with van der Waals surface area (Å²) >= 11 is 6.18. The summed E-state index contributed by atoms with van der Waals surface area (Å²) in [5.74, 6) is -2.88. The van der Waals surface area contributed by atoms with Gasteiger partial charge in [-0.25, -0.2) is 4.79 Å². The number of halogens is 2. The van der Waals surface area contributed by atoms with E-state index in [1.54, 1.807) is 0 Å². The van der Waals surface area contributed by atoms with Crippen LogP contribution in [-0.4, -0.2) is 35.0 Å². The minimum Gasteiger partial charge on any atom is -0.482 e. The fourth-order valence-electron chi connectivity index (χ4n) is 2.33. The first-order chi connectivity index (χ1) is 12.3. The van der Waals surface area contributed by atoms with E-state index in [9.17, 15) is 19.2 Å². The van der Waals surface area contributed by atoms with Crippen LogP contribution in [0.5, 0.6) is 5.75 Å². The topological polar surface area (TPSA) is 111 Å². The molecule has 0 amide bonds. The SMILES string of the molecule is O=C(O)COc1ccc(C(=O)c2coc3c2C(=O)C(=O)C(Br)=C3Br)cc1. The van der Waals surface area contributed by atoms with Crippen LogP contribution in [0.2, 0.25) is 0 Å². The minimum absolute atomic E-state index is 0.0308. The van der Waals surface area contributed by atoms with E-state index in [4.69, 9.17) is 14.3 Å². The highest BCUT2D eigenvalue weighted by atomic mass is 79.9. The summed E-state index contributed by atoms with van der Waals surface area (Å²) < 4.78 is 10.6. The highest BCUT2D eigenvalue weighted by Gasteiger charge is 2.37. The standard InChI is InChI=1S/C17H8Br2O7/c18-12-13(19)17-11(15(23)16(12)24)9(5-26-17)14(22)7-1-3-8(4-2-7)25-6-10(20)21/h1-5H,6H2,(H,20,21). The van der Waals surface area contributed by atoms with Crippen molar-refractivity contribution in [3.8, 4) is 5.75 Å². The van der Waals surface area contributed by atoms with Gasteiger partial charge < -0.3 is 14.3 Å². The molecule has 7 nitrogen and oxygen atoms in total. The van der Waals surface area contributed by atoms with E-state index in [1.807, 2.05) is 0 Å². The molecule has 26 heavy (non-hydrogen) atoms. The molecule has 0 saturated carbocycles. The van der Waals surface area contributed by atoms with Gasteiger partial charge in [0.2, 0.25) is 11.6 Å². The maximum absolute atomic E-state index is 12.7. The summed E-state index contributed by atoms with van der Waals surface area (Å²) in [4.78, 5) is 47.4. The van der Waals surface area contributed by atoms with Gasteiger partial charge in [0.15, 0.2) is 18.2 Å². The number of carboxylic acid groups (broad SMARTS) is 1. The van der Waals surface area contributed by atoms with Crippen molar-refractivity contribution in [1.82, 2.24) is 0 Å². The van der Waals surface area contributed by atoms with Gasteiger partial charge in [-0.05, 0) is 56.1 Å². The Bertz CT molecular complexity index is 983. The molecule has 1 aromatic carbocycles. The second-order valence-electron chi connectivity index (χ2n) is 5.18. The van der Waals surface area contributed by atoms with Crippen molar-refractivity contribution in [2.24, 2.45) is 0 Å². The Morgan fingerprint density at radius 1 is 1.04 bits per heavy atom. The molecule has 132 valence electrons. The first-order valence-corrected chi connectivity index (χ1v) is 8.65. The summed E-state index contributed by atoms with van der Waals surface area (Å²) in [7, 11) is 0. The fraction of sp³-hybridized carbons (Fsp3) is 0.0588. The number of rotatable bonds is 5. The van der Waals surface area contributed by atoms with Gasteiger partial charge in [0, 0.05) is 5.56 Å². The molecule has 0 bridgehead atoms. The minimum atomic E-state index is -1.12. The maximum Gasteiger partial charge on any atom is 0.341 e. The molecule has 1 aliphatic carbocycles. The Morgan fingerprint density at radius 3 is 2.31 bits per heavy atom. The highest BCUT2D eigenvalue weighted by Crippen LogP contribution is 2.39. The summed E-state index contributed by atoms with van der Waals surface area (Å²) in [6, 6.07) is 5.72. The zero-order valence-corrected chi connectivity index (χ0v) is 15.9. The van der Waals surface area contributed by atoms with Gasteiger partial charge in [-0.2, -0.15) is 0 Å². The molecule has 0 radical (unpaired) electrons. The monoisotopic (exact) mass is 482 g/mol. The average molecular weight is 484 g/mol. The Morgan fingerprint density at radius 2 is 1.69 bits per heavy atom. The van der Waals surface area contributed by atoms with Crippen LogP contribution < -0.4 is 4.74 Å². The van der Waals surface area contributed by atoms with Gasteiger partial charge in [0.25, 0.3) is 0 Å². The van der Waals surface area contributed by atoms with Crippen molar-refractivity contribution in [2.75, 3.05) is 6.61 Å². The van der Waals surface area contributed by atoms with E-state index in [0.717, 1.165) is 6.26 Å². The second kappa shape index (κ2) is 7.00. The molecule has 9 heteroatoms. The van der Waals surface area contributed by atoms with Crippen molar-refractivity contribution >= 4 is 59.7 Å². The lowest BCUT2D eigenvalue weighted by molar-refractivity contribution is -0.139. The summed E-state index contributed by atoms with van der Waals surface area (Å²) in [5, 5.41) is 8.58. The number of hydrogen-bond donors (Lipinski definition) is 1. The summed E-state index contributed by atoms with van der Waals surface area (Å²) in [6.07, 6.45) is 1.12. The quantitative estimate of drug-likeness (QED) is 0.513. The molecule has 0 unspecified atom stereocenters. The van der Waals surface area contributed by atoms with Gasteiger partial charge in [0.05, 0.1) is 20.1 Å². The number of benzene rings is 1. The summed E-state index contributed by atoms with van der Waals surface area (Å²) in [5.41, 5.74) is 0.0945. The second-order valence-corrected chi connectivity index (χ2v) is 6.76. The molecule has 0 atom stereocenters. The number of fused-ring (bicyclic) bond motifs is 1.